The molecule has 0 saturated carbocycles. The number of hydrogen-bond donors (Lipinski definition) is 2. The Morgan fingerprint density at radius 3 is 2.81 bits per heavy atom. The fourth-order valence-corrected chi connectivity index (χ4v) is 4.91. The number of nitrogens with zero attached hydrogens (tertiary/aromatic N) is 4. The molecule has 32 heavy (non-hydrogen) atoms. The van der Waals surface area contributed by atoms with Gasteiger partial charge in [-0.05, 0) is 31.4 Å². The Morgan fingerprint density at radius 1 is 1.19 bits per heavy atom. The van der Waals surface area contributed by atoms with Gasteiger partial charge in [0.05, 0.1) is 5.69 Å². The SMILES string of the molecule is Nc1nccn2c(C3CCN(C(=O)C4=CC=CC4)CC3)nc(-c3cc4ccccc4[nH]3)c12. The Morgan fingerprint density at radius 2 is 2.03 bits per heavy atom. The molecule has 1 fully saturated rings. The molecule has 0 bridgehead atoms. The number of piperidine rings is 1. The summed E-state index contributed by atoms with van der Waals surface area (Å²) in [6.45, 7) is 1.47. The number of aromatic nitrogens is 4. The second-order valence-electron chi connectivity index (χ2n) is 8.51. The zero-order valence-corrected chi connectivity index (χ0v) is 17.7. The lowest BCUT2D eigenvalue weighted by Crippen LogP contribution is -2.38. The number of hydrogen-bond acceptors (Lipinski definition) is 4. The molecular formula is C25H24N6O. The van der Waals surface area contributed by atoms with Crippen molar-refractivity contribution in [3.63, 3.8) is 0 Å². The zero-order valence-electron chi connectivity index (χ0n) is 17.7. The van der Waals surface area contributed by atoms with Crippen LogP contribution in [0, 0.1) is 0 Å². The van der Waals surface area contributed by atoms with E-state index >= 15 is 0 Å². The highest BCUT2D eigenvalue weighted by Gasteiger charge is 2.29. The molecule has 1 saturated heterocycles. The third-order valence-electron chi connectivity index (χ3n) is 6.59. The molecule has 0 spiro atoms. The Labute approximate surface area is 185 Å². The summed E-state index contributed by atoms with van der Waals surface area (Å²) in [6, 6.07) is 10.3. The van der Waals surface area contributed by atoms with Crippen LogP contribution in [0.5, 0.6) is 0 Å². The largest absolute Gasteiger partial charge is 0.382 e. The third kappa shape index (κ3) is 3.00. The maximum Gasteiger partial charge on any atom is 0.250 e. The van der Waals surface area contributed by atoms with Crippen LogP contribution in [0.15, 0.2) is 66.5 Å². The first-order chi connectivity index (χ1) is 15.7. The van der Waals surface area contributed by atoms with Crippen molar-refractivity contribution in [1.29, 1.82) is 0 Å². The average molecular weight is 425 g/mol. The number of para-hydroxylation sites is 1. The number of nitrogens with two attached hydrogens (primary N) is 1. The van der Waals surface area contributed by atoms with Crippen LogP contribution >= 0.6 is 0 Å². The molecule has 4 aromatic rings. The lowest BCUT2D eigenvalue weighted by molar-refractivity contribution is -0.128. The van der Waals surface area contributed by atoms with Gasteiger partial charge in [-0.3, -0.25) is 9.20 Å². The number of imidazole rings is 1. The molecular weight excluding hydrogens is 400 g/mol. The van der Waals surface area contributed by atoms with Gasteiger partial charge in [-0.25, -0.2) is 9.97 Å². The molecule has 7 nitrogen and oxygen atoms in total. The van der Waals surface area contributed by atoms with Gasteiger partial charge in [0.2, 0.25) is 5.91 Å². The van der Waals surface area contributed by atoms with Crippen molar-refractivity contribution in [1.82, 2.24) is 24.3 Å². The van der Waals surface area contributed by atoms with Crippen molar-refractivity contribution in [2.24, 2.45) is 0 Å². The predicted molar refractivity (Wildman–Crippen MR) is 125 cm³/mol. The molecule has 0 atom stereocenters. The number of carbonyl (C=O) groups excluding carboxylic acids is 1. The number of nitrogen functional groups attached to an aromatic ring is 1. The van der Waals surface area contributed by atoms with Crippen LogP contribution in [0.3, 0.4) is 0 Å². The Bertz CT molecular complexity index is 1370. The first-order valence-corrected chi connectivity index (χ1v) is 11.0. The first kappa shape index (κ1) is 18.9. The van der Waals surface area contributed by atoms with E-state index in [1.807, 2.05) is 41.5 Å². The van der Waals surface area contributed by atoms with Gasteiger partial charge in [-0.1, -0.05) is 36.4 Å². The Balaban J connectivity index is 1.34. The molecule has 160 valence electrons. The number of H-pyrrole nitrogens is 1. The molecule has 3 aromatic heterocycles. The van der Waals surface area contributed by atoms with Gasteiger partial charge in [0.15, 0.2) is 0 Å². The molecule has 1 aliphatic carbocycles. The first-order valence-electron chi connectivity index (χ1n) is 11.0. The van der Waals surface area contributed by atoms with Crippen LogP contribution in [0.2, 0.25) is 0 Å². The van der Waals surface area contributed by atoms with E-state index in [1.165, 1.54) is 0 Å². The van der Waals surface area contributed by atoms with Crippen molar-refractivity contribution in [2.75, 3.05) is 18.8 Å². The Hall–Kier alpha value is -3.87. The summed E-state index contributed by atoms with van der Waals surface area (Å²) < 4.78 is 2.08. The van der Waals surface area contributed by atoms with Gasteiger partial charge in [0, 0.05) is 47.9 Å². The van der Waals surface area contributed by atoms with Crippen LogP contribution in [0.4, 0.5) is 5.82 Å². The lowest BCUT2D eigenvalue weighted by atomic mass is 9.95. The lowest BCUT2D eigenvalue weighted by Gasteiger charge is -2.31. The standard InChI is InChI=1S/C25H24N6O/c26-23-22-21(20-15-18-7-3-4-8-19(18)28-20)29-24(31(22)14-11-27-23)16-9-12-30(13-10-16)25(32)17-5-1-2-6-17/h1-5,7-8,11,14-16,28H,6,9-10,12-13H2,(H2,26,27). The molecule has 0 unspecified atom stereocenters. The van der Waals surface area contributed by atoms with Crippen LogP contribution in [0.25, 0.3) is 27.8 Å². The van der Waals surface area contributed by atoms with E-state index in [9.17, 15) is 4.79 Å². The highest BCUT2D eigenvalue weighted by atomic mass is 16.2. The van der Waals surface area contributed by atoms with Crippen molar-refractivity contribution >= 4 is 28.1 Å². The monoisotopic (exact) mass is 424 g/mol. The van der Waals surface area contributed by atoms with Crippen LogP contribution in [-0.2, 0) is 4.79 Å². The number of aromatic amines is 1. The number of anilines is 1. The number of nitrogens with one attached hydrogen (secondary N) is 1. The highest BCUT2D eigenvalue weighted by molar-refractivity contribution is 5.95. The Kier molecular flexibility index (Phi) is 4.35. The quantitative estimate of drug-likeness (QED) is 0.519. The molecule has 2 aliphatic rings. The number of fused-ring (bicyclic) bond motifs is 2. The van der Waals surface area contributed by atoms with Gasteiger partial charge in [-0.2, -0.15) is 0 Å². The molecule has 1 amide bonds. The van der Waals surface area contributed by atoms with Crippen molar-refractivity contribution in [2.45, 2.75) is 25.2 Å². The van der Waals surface area contributed by atoms with Crippen molar-refractivity contribution in [3.05, 3.63) is 72.4 Å². The molecule has 4 heterocycles. The summed E-state index contributed by atoms with van der Waals surface area (Å²) in [5.41, 5.74) is 10.8. The fourth-order valence-electron chi connectivity index (χ4n) is 4.91. The summed E-state index contributed by atoms with van der Waals surface area (Å²) in [5, 5.41) is 1.13. The minimum absolute atomic E-state index is 0.161. The minimum atomic E-state index is 0.161. The van der Waals surface area contributed by atoms with E-state index in [1.54, 1.807) is 6.20 Å². The fraction of sp³-hybridized carbons (Fsp3) is 0.240. The second kappa shape index (κ2) is 7.37. The third-order valence-corrected chi connectivity index (χ3v) is 6.59. The number of rotatable bonds is 3. The van der Waals surface area contributed by atoms with Crippen LogP contribution < -0.4 is 5.73 Å². The molecule has 6 rings (SSSR count). The van der Waals surface area contributed by atoms with Crippen LogP contribution in [0.1, 0.15) is 31.0 Å². The number of amides is 1. The van der Waals surface area contributed by atoms with E-state index in [2.05, 4.69) is 32.6 Å². The van der Waals surface area contributed by atoms with Gasteiger partial charge in [-0.15, -0.1) is 0 Å². The van der Waals surface area contributed by atoms with Crippen molar-refractivity contribution in [3.8, 4) is 11.4 Å². The second-order valence-corrected chi connectivity index (χ2v) is 8.51. The summed E-state index contributed by atoms with van der Waals surface area (Å²) >= 11 is 0. The van der Waals surface area contributed by atoms with Gasteiger partial charge in [0.1, 0.15) is 22.9 Å². The highest BCUT2D eigenvalue weighted by Crippen LogP contribution is 2.35. The summed E-state index contributed by atoms with van der Waals surface area (Å²) in [6.07, 6.45) is 12.1. The average Bonchev–Trinajstić information content (AvgIpc) is 3.57. The molecule has 0 radical (unpaired) electrons. The zero-order chi connectivity index (χ0) is 21.7. The summed E-state index contributed by atoms with van der Waals surface area (Å²) in [4.78, 5) is 27.6. The maximum absolute atomic E-state index is 12.7. The smallest absolute Gasteiger partial charge is 0.250 e. The molecule has 3 N–H and O–H groups in total. The molecule has 1 aliphatic heterocycles. The van der Waals surface area contributed by atoms with Gasteiger partial charge >= 0.3 is 0 Å². The summed E-state index contributed by atoms with van der Waals surface area (Å²) in [5.74, 6) is 1.86. The molecule has 1 aromatic carbocycles. The topological polar surface area (TPSA) is 92.3 Å². The normalized spacial score (nSPS) is 16.9. The van der Waals surface area contributed by atoms with E-state index in [4.69, 9.17) is 10.7 Å². The van der Waals surface area contributed by atoms with Crippen LogP contribution in [-0.4, -0.2) is 43.2 Å². The van der Waals surface area contributed by atoms with E-state index in [-0.39, 0.29) is 11.8 Å². The number of likely N-dealkylation sites (tertiary alicyclic amines) is 1. The van der Waals surface area contributed by atoms with E-state index in [0.29, 0.717) is 5.82 Å². The van der Waals surface area contributed by atoms with E-state index in [0.717, 1.165) is 71.6 Å². The number of allylic oxidation sites excluding steroid dienone is 3. The van der Waals surface area contributed by atoms with Crippen molar-refractivity contribution < 1.29 is 4.79 Å². The van der Waals surface area contributed by atoms with E-state index < -0.39 is 0 Å². The molecule has 7 heteroatoms. The predicted octanol–water partition coefficient (Wildman–Crippen LogP) is 4.05. The minimum Gasteiger partial charge on any atom is -0.382 e. The number of carbonyl (C=O) groups is 1. The maximum atomic E-state index is 12.7. The van der Waals surface area contributed by atoms with Gasteiger partial charge < -0.3 is 15.6 Å². The van der Waals surface area contributed by atoms with Gasteiger partial charge in [0.25, 0.3) is 0 Å². The summed E-state index contributed by atoms with van der Waals surface area (Å²) in [7, 11) is 0. The number of benzene rings is 1.